The van der Waals surface area contributed by atoms with Gasteiger partial charge in [-0.3, -0.25) is 0 Å². The zero-order chi connectivity index (χ0) is 22.8. The summed E-state index contributed by atoms with van der Waals surface area (Å²) in [6, 6.07) is 16.6. The first-order chi connectivity index (χ1) is 16.0. The van der Waals surface area contributed by atoms with E-state index in [9.17, 15) is 4.39 Å². The second-order valence-corrected chi connectivity index (χ2v) is 10.0. The number of nitrogens with two attached hydrogens (primary N) is 1. The second-order valence-electron chi connectivity index (χ2n) is 8.15. The summed E-state index contributed by atoms with van der Waals surface area (Å²) in [7, 11) is 0. The van der Waals surface area contributed by atoms with Crippen molar-refractivity contribution in [3.05, 3.63) is 66.1 Å². The van der Waals surface area contributed by atoms with Crippen LogP contribution in [0, 0.1) is 5.82 Å². The van der Waals surface area contributed by atoms with E-state index in [4.69, 9.17) is 32.7 Å². The third kappa shape index (κ3) is 5.10. The zero-order valence-corrected chi connectivity index (χ0v) is 19.6. The summed E-state index contributed by atoms with van der Waals surface area (Å²) in [5, 5.41) is 3.17. The summed E-state index contributed by atoms with van der Waals surface area (Å²) in [5.41, 5.74) is 8.33. The average molecular weight is 482 g/mol. The number of ether oxygens (including phenoxy) is 1. The maximum Gasteiger partial charge on any atom is 0.168 e. The van der Waals surface area contributed by atoms with Crippen LogP contribution in [0.3, 0.4) is 0 Å². The summed E-state index contributed by atoms with van der Waals surface area (Å²) in [5.74, 6) is 1.37. The van der Waals surface area contributed by atoms with Crippen molar-refractivity contribution < 1.29 is 9.13 Å². The fourth-order valence-corrected chi connectivity index (χ4v) is 5.21. The van der Waals surface area contributed by atoms with Crippen molar-refractivity contribution in [2.75, 3.05) is 36.5 Å². The van der Waals surface area contributed by atoms with Crippen LogP contribution < -0.4 is 16.0 Å². The third-order valence-corrected chi connectivity index (χ3v) is 7.37. The lowest BCUT2D eigenvalue weighted by Gasteiger charge is -2.29. The number of hydrogen-bond acceptors (Lipinski definition) is 6. The molecule has 2 aromatic carbocycles. The number of benzene rings is 2. The van der Waals surface area contributed by atoms with Crippen LogP contribution in [0.2, 0.25) is 0 Å². The normalized spacial score (nSPS) is 16.9. The van der Waals surface area contributed by atoms with Gasteiger partial charge in [-0.05, 0) is 73.6 Å². The van der Waals surface area contributed by atoms with E-state index in [0.717, 1.165) is 53.6 Å². The standard InChI is InChI=1S/C24H24FN5OS2/c25-17-3-7-19(8-4-17)33-24(9-10-24)20-15-21(30-11-13-31-14-12-30)29-22(28-20)16-1-5-18(6-2-16)27-23(26)32/h1-8,15H,9-14H2,(H3,26,27,32). The molecule has 170 valence electrons. The van der Waals surface area contributed by atoms with Gasteiger partial charge in [0.1, 0.15) is 11.6 Å². The Hall–Kier alpha value is -2.75. The number of anilines is 2. The first-order valence-electron chi connectivity index (χ1n) is 10.8. The molecule has 1 aliphatic heterocycles. The Bertz CT molecular complexity index is 1150. The Morgan fingerprint density at radius 3 is 2.39 bits per heavy atom. The summed E-state index contributed by atoms with van der Waals surface area (Å²) in [6.45, 7) is 2.96. The van der Waals surface area contributed by atoms with Gasteiger partial charge in [0.25, 0.3) is 0 Å². The van der Waals surface area contributed by atoms with Gasteiger partial charge in [0.15, 0.2) is 10.9 Å². The minimum Gasteiger partial charge on any atom is -0.378 e. The van der Waals surface area contributed by atoms with Crippen molar-refractivity contribution in [2.24, 2.45) is 5.73 Å². The molecule has 0 atom stereocenters. The molecule has 0 amide bonds. The van der Waals surface area contributed by atoms with Crippen LogP contribution in [0.1, 0.15) is 18.5 Å². The van der Waals surface area contributed by atoms with Gasteiger partial charge < -0.3 is 20.7 Å². The minimum absolute atomic E-state index is 0.121. The van der Waals surface area contributed by atoms with E-state index in [1.54, 1.807) is 11.8 Å². The number of aromatic nitrogens is 2. The molecule has 1 aliphatic carbocycles. The van der Waals surface area contributed by atoms with E-state index in [-0.39, 0.29) is 15.7 Å². The van der Waals surface area contributed by atoms with Gasteiger partial charge >= 0.3 is 0 Å². The Balaban J connectivity index is 1.50. The Morgan fingerprint density at radius 2 is 1.76 bits per heavy atom. The highest BCUT2D eigenvalue weighted by atomic mass is 32.2. The molecule has 33 heavy (non-hydrogen) atoms. The first-order valence-corrected chi connectivity index (χ1v) is 12.1. The highest BCUT2D eigenvalue weighted by Crippen LogP contribution is 2.59. The van der Waals surface area contributed by atoms with E-state index in [1.165, 1.54) is 12.1 Å². The van der Waals surface area contributed by atoms with Crippen LogP contribution in [0.15, 0.2) is 59.5 Å². The predicted octanol–water partition coefficient (Wildman–Crippen LogP) is 4.56. The van der Waals surface area contributed by atoms with E-state index in [0.29, 0.717) is 19.0 Å². The van der Waals surface area contributed by atoms with E-state index >= 15 is 0 Å². The summed E-state index contributed by atoms with van der Waals surface area (Å²) < 4.78 is 18.8. The van der Waals surface area contributed by atoms with Gasteiger partial charge in [-0.1, -0.05) is 0 Å². The van der Waals surface area contributed by atoms with Gasteiger partial charge in [-0.2, -0.15) is 0 Å². The van der Waals surface area contributed by atoms with Crippen LogP contribution in [-0.2, 0) is 9.48 Å². The van der Waals surface area contributed by atoms with Gasteiger partial charge in [0.2, 0.25) is 0 Å². The lowest BCUT2D eigenvalue weighted by molar-refractivity contribution is 0.122. The number of thioether (sulfide) groups is 1. The van der Waals surface area contributed by atoms with Gasteiger partial charge in [0.05, 0.1) is 23.7 Å². The Morgan fingerprint density at radius 1 is 1.06 bits per heavy atom. The molecule has 6 nitrogen and oxygen atoms in total. The fraction of sp³-hybridized carbons (Fsp3) is 0.292. The van der Waals surface area contributed by atoms with Crippen LogP contribution in [0.4, 0.5) is 15.9 Å². The molecule has 0 unspecified atom stereocenters. The highest BCUT2D eigenvalue weighted by Gasteiger charge is 2.47. The lowest BCUT2D eigenvalue weighted by atomic mass is 10.1. The van der Waals surface area contributed by atoms with E-state index in [1.807, 2.05) is 36.4 Å². The number of nitrogens with one attached hydrogen (secondary N) is 1. The molecule has 0 radical (unpaired) electrons. The number of nitrogens with zero attached hydrogens (tertiary/aromatic N) is 3. The number of thiocarbonyl (C=S) groups is 1. The van der Waals surface area contributed by atoms with Gasteiger partial charge in [0, 0.05) is 35.3 Å². The largest absolute Gasteiger partial charge is 0.378 e. The van der Waals surface area contributed by atoms with Crippen molar-refractivity contribution in [3.63, 3.8) is 0 Å². The average Bonchev–Trinajstić information content (AvgIpc) is 3.62. The van der Waals surface area contributed by atoms with Crippen LogP contribution >= 0.6 is 24.0 Å². The molecular weight excluding hydrogens is 457 g/mol. The monoisotopic (exact) mass is 481 g/mol. The van der Waals surface area contributed by atoms with Crippen molar-refractivity contribution in [3.8, 4) is 11.4 Å². The molecule has 3 aromatic rings. The third-order valence-electron chi connectivity index (χ3n) is 5.76. The molecule has 2 fully saturated rings. The number of hydrogen-bond donors (Lipinski definition) is 2. The molecule has 1 aromatic heterocycles. The van der Waals surface area contributed by atoms with Crippen molar-refractivity contribution in [1.29, 1.82) is 0 Å². The summed E-state index contributed by atoms with van der Waals surface area (Å²) in [6.07, 6.45) is 2.04. The molecule has 9 heteroatoms. The lowest BCUT2D eigenvalue weighted by Crippen LogP contribution is -2.37. The van der Waals surface area contributed by atoms with E-state index in [2.05, 4.69) is 16.3 Å². The Labute approximate surface area is 201 Å². The smallest absolute Gasteiger partial charge is 0.168 e. The molecule has 2 heterocycles. The molecule has 1 saturated heterocycles. The van der Waals surface area contributed by atoms with Crippen LogP contribution in [0.25, 0.3) is 11.4 Å². The molecule has 2 aliphatic rings. The van der Waals surface area contributed by atoms with Crippen molar-refractivity contribution in [2.45, 2.75) is 22.5 Å². The SMILES string of the molecule is NC(=S)Nc1ccc(-c2nc(N3CCOCC3)cc(C3(Sc4ccc(F)cc4)CC3)n2)cc1. The molecule has 1 saturated carbocycles. The maximum absolute atomic E-state index is 13.4. The van der Waals surface area contributed by atoms with E-state index < -0.39 is 0 Å². The Kier molecular flexibility index (Phi) is 6.18. The fourth-order valence-electron chi connectivity index (χ4n) is 3.85. The zero-order valence-electron chi connectivity index (χ0n) is 18.0. The summed E-state index contributed by atoms with van der Waals surface area (Å²) in [4.78, 5) is 13.2. The molecule has 5 rings (SSSR count). The summed E-state index contributed by atoms with van der Waals surface area (Å²) >= 11 is 6.67. The molecular formula is C24H24FN5OS2. The number of halogens is 1. The van der Waals surface area contributed by atoms with Crippen molar-refractivity contribution in [1.82, 2.24) is 9.97 Å². The molecule has 0 spiro atoms. The molecule has 0 bridgehead atoms. The highest BCUT2D eigenvalue weighted by molar-refractivity contribution is 8.00. The predicted molar refractivity (Wildman–Crippen MR) is 134 cm³/mol. The number of rotatable bonds is 6. The minimum atomic E-state index is -0.226. The maximum atomic E-state index is 13.4. The van der Waals surface area contributed by atoms with Crippen molar-refractivity contribution >= 4 is 40.6 Å². The van der Waals surface area contributed by atoms with Gasteiger partial charge in [-0.25, -0.2) is 14.4 Å². The first kappa shape index (κ1) is 22.1. The van der Waals surface area contributed by atoms with Gasteiger partial charge in [-0.15, -0.1) is 11.8 Å². The van der Waals surface area contributed by atoms with Crippen LogP contribution in [-0.4, -0.2) is 41.4 Å². The second kappa shape index (κ2) is 9.24. The quantitative estimate of drug-likeness (QED) is 0.497. The van der Waals surface area contributed by atoms with Crippen LogP contribution in [0.5, 0.6) is 0 Å². The number of morpholine rings is 1. The topological polar surface area (TPSA) is 76.3 Å². The molecule has 3 N–H and O–H groups in total.